The second-order valence-electron chi connectivity index (χ2n) is 5.51. The number of furan rings is 1. The molecule has 0 aliphatic heterocycles. The van der Waals surface area contributed by atoms with Crippen molar-refractivity contribution in [3.63, 3.8) is 0 Å². The zero-order chi connectivity index (χ0) is 14.8. The van der Waals surface area contributed by atoms with Crippen LogP contribution < -0.4 is 5.32 Å². The molecule has 0 amide bonds. The van der Waals surface area contributed by atoms with Gasteiger partial charge in [-0.05, 0) is 25.1 Å². The highest BCUT2D eigenvalue weighted by Crippen LogP contribution is 2.30. The molecule has 2 heterocycles. The number of hydrogen-bond donors (Lipinski definition) is 1. The van der Waals surface area contributed by atoms with Gasteiger partial charge < -0.3 is 9.73 Å². The second-order valence-corrected chi connectivity index (χ2v) is 6.57. The van der Waals surface area contributed by atoms with E-state index in [2.05, 4.69) is 48.4 Å². The van der Waals surface area contributed by atoms with Crippen LogP contribution >= 0.6 is 11.3 Å². The minimum absolute atomic E-state index is 0.496. The number of hydrogen-bond acceptors (Lipinski definition) is 5. The fourth-order valence-corrected chi connectivity index (χ4v) is 2.98. The Morgan fingerprint density at radius 1 is 1.24 bits per heavy atom. The molecule has 4 nitrogen and oxygen atoms in total. The maximum Gasteiger partial charge on any atom is 0.183 e. The first kappa shape index (κ1) is 14.2. The summed E-state index contributed by atoms with van der Waals surface area (Å²) in [5.74, 6) is 0.802. The lowest BCUT2D eigenvalue weighted by atomic mass is 10.2. The van der Waals surface area contributed by atoms with E-state index in [0.29, 0.717) is 6.04 Å². The molecule has 5 heteroatoms. The van der Waals surface area contributed by atoms with Crippen LogP contribution in [0.4, 0.5) is 0 Å². The highest BCUT2D eigenvalue weighted by atomic mass is 32.1. The molecule has 0 unspecified atom stereocenters. The fraction of sp³-hybridized carbons (Fsp3) is 0.375. The molecule has 2 aromatic heterocycles. The SMILES string of the molecule is Cc1ccc2oc(-c3nnc(CCNC(C)C)s3)cc2c1. The first-order valence-electron chi connectivity index (χ1n) is 7.18. The van der Waals surface area contributed by atoms with Gasteiger partial charge in [-0.1, -0.05) is 36.8 Å². The molecule has 3 aromatic rings. The van der Waals surface area contributed by atoms with Gasteiger partial charge in [-0.2, -0.15) is 0 Å². The average Bonchev–Trinajstić information content (AvgIpc) is 3.03. The predicted octanol–water partition coefficient (Wildman–Crippen LogP) is 3.80. The zero-order valence-electron chi connectivity index (χ0n) is 12.5. The molecular formula is C16H19N3OS. The van der Waals surface area contributed by atoms with Crippen LogP contribution in [0.1, 0.15) is 24.4 Å². The minimum Gasteiger partial charge on any atom is -0.453 e. The van der Waals surface area contributed by atoms with E-state index < -0.39 is 0 Å². The van der Waals surface area contributed by atoms with Crippen molar-refractivity contribution < 1.29 is 4.42 Å². The molecular weight excluding hydrogens is 282 g/mol. The standard InChI is InChI=1S/C16H19N3OS/c1-10(2)17-7-6-15-18-19-16(21-15)14-9-12-8-11(3)4-5-13(12)20-14/h4-5,8-10,17H,6-7H2,1-3H3. The molecule has 0 fully saturated rings. The number of aryl methyl sites for hydroxylation is 1. The number of nitrogens with zero attached hydrogens (tertiary/aromatic N) is 2. The van der Waals surface area contributed by atoms with E-state index in [1.54, 1.807) is 11.3 Å². The van der Waals surface area contributed by atoms with Crippen LogP contribution in [0.5, 0.6) is 0 Å². The van der Waals surface area contributed by atoms with Crippen molar-refractivity contribution >= 4 is 22.3 Å². The van der Waals surface area contributed by atoms with E-state index in [1.807, 2.05) is 12.1 Å². The highest BCUT2D eigenvalue weighted by molar-refractivity contribution is 7.14. The number of fused-ring (bicyclic) bond motifs is 1. The molecule has 0 bridgehead atoms. The highest BCUT2D eigenvalue weighted by Gasteiger charge is 2.12. The second kappa shape index (κ2) is 5.95. The van der Waals surface area contributed by atoms with Crippen molar-refractivity contribution in [2.24, 2.45) is 0 Å². The first-order valence-corrected chi connectivity index (χ1v) is 8.00. The van der Waals surface area contributed by atoms with Crippen LogP contribution in [0, 0.1) is 6.92 Å². The summed E-state index contributed by atoms with van der Waals surface area (Å²) in [4.78, 5) is 0. The van der Waals surface area contributed by atoms with Gasteiger partial charge in [0, 0.05) is 24.4 Å². The molecule has 1 aromatic carbocycles. The van der Waals surface area contributed by atoms with Crippen molar-refractivity contribution in [1.29, 1.82) is 0 Å². The Balaban J connectivity index is 1.78. The Labute approximate surface area is 128 Å². The van der Waals surface area contributed by atoms with E-state index in [-0.39, 0.29) is 0 Å². The maximum atomic E-state index is 5.86. The first-order chi connectivity index (χ1) is 10.1. The molecule has 1 N–H and O–H groups in total. The third kappa shape index (κ3) is 3.31. The Morgan fingerprint density at radius 3 is 2.90 bits per heavy atom. The van der Waals surface area contributed by atoms with Gasteiger partial charge in [0.25, 0.3) is 0 Å². The predicted molar refractivity (Wildman–Crippen MR) is 86.7 cm³/mol. The van der Waals surface area contributed by atoms with Crippen LogP contribution in [-0.4, -0.2) is 22.8 Å². The summed E-state index contributed by atoms with van der Waals surface area (Å²) < 4.78 is 5.86. The van der Waals surface area contributed by atoms with E-state index in [0.717, 1.165) is 39.7 Å². The molecule has 0 aliphatic carbocycles. The summed E-state index contributed by atoms with van der Waals surface area (Å²) in [7, 11) is 0. The third-order valence-corrected chi connectivity index (χ3v) is 4.24. The Kier molecular flexibility index (Phi) is 4.03. The summed E-state index contributed by atoms with van der Waals surface area (Å²) in [6, 6.07) is 8.72. The van der Waals surface area contributed by atoms with Gasteiger partial charge >= 0.3 is 0 Å². The van der Waals surface area contributed by atoms with Gasteiger partial charge in [0.05, 0.1) is 0 Å². The monoisotopic (exact) mass is 301 g/mol. The Morgan fingerprint density at radius 2 is 2.10 bits per heavy atom. The minimum atomic E-state index is 0.496. The van der Waals surface area contributed by atoms with Crippen LogP contribution in [-0.2, 0) is 6.42 Å². The lowest BCUT2D eigenvalue weighted by molar-refractivity contribution is 0.588. The van der Waals surface area contributed by atoms with Crippen molar-refractivity contribution in [2.45, 2.75) is 33.2 Å². The largest absolute Gasteiger partial charge is 0.453 e. The maximum absolute atomic E-state index is 5.86. The molecule has 110 valence electrons. The number of nitrogens with one attached hydrogen (secondary N) is 1. The quantitative estimate of drug-likeness (QED) is 0.779. The lowest BCUT2D eigenvalue weighted by Crippen LogP contribution is -2.24. The van der Waals surface area contributed by atoms with Crippen LogP contribution in [0.2, 0.25) is 0 Å². The van der Waals surface area contributed by atoms with Crippen molar-refractivity contribution in [3.05, 3.63) is 34.8 Å². The Hall–Kier alpha value is -1.72. The van der Waals surface area contributed by atoms with Crippen LogP contribution in [0.3, 0.4) is 0 Å². The molecule has 0 atom stereocenters. The van der Waals surface area contributed by atoms with E-state index in [1.165, 1.54) is 5.56 Å². The van der Waals surface area contributed by atoms with Gasteiger partial charge in [-0.25, -0.2) is 0 Å². The van der Waals surface area contributed by atoms with Crippen LogP contribution in [0.25, 0.3) is 21.7 Å². The topological polar surface area (TPSA) is 51.0 Å². The Bertz CT molecular complexity index is 745. The summed E-state index contributed by atoms with van der Waals surface area (Å²) in [5.41, 5.74) is 2.13. The third-order valence-electron chi connectivity index (χ3n) is 3.24. The molecule has 21 heavy (non-hydrogen) atoms. The molecule has 0 radical (unpaired) electrons. The van der Waals surface area contributed by atoms with E-state index >= 15 is 0 Å². The number of benzene rings is 1. The summed E-state index contributed by atoms with van der Waals surface area (Å²) in [6.45, 7) is 7.28. The smallest absolute Gasteiger partial charge is 0.183 e. The molecule has 0 saturated carbocycles. The fourth-order valence-electron chi connectivity index (χ4n) is 2.19. The molecule has 0 aliphatic rings. The van der Waals surface area contributed by atoms with Gasteiger partial charge in [-0.3, -0.25) is 0 Å². The summed E-state index contributed by atoms with van der Waals surface area (Å²) in [6.07, 6.45) is 0.898. The van der Waals surface area contributed by atoms with Crippen molar-refractivity contribution in [2.75, 3.05) is 6.54 Å². The lowest BCUT2D eigenvalue weighted by Gasteiger charge is -2.04. The van der Waals surface area contributed by atoms with Gasteiger partial charge in [0.2, 0.25) is 0 Å². The molecule has 0 saturated heterocycles. The number of aromatic nitrogens is 2. The summed E-state index contributed by atoms with van der Waals surface area (Å²) >= 11 is 1.60. The average molecular weight is 301 g/mol. The normalized spacial score (nSPS) is 11.6. The van der Waals surface area contributed by atoms with Crippen LogP contribution in [0.15, 0.2) is 28.7 Å². The summed E-state index contributed by atoms with van der Waals surface area (Å²) in [5, 5.41) is 14.9. The van der Waals surface area contributed by atoms with Gasteiger partial charge in [-0.15, -0.1) is 10.2 Å². The van der Waals surface area contributed by atoms with Gasteiger partial charge in [0.1, 0.15) is 10.6 Å². The molecule has 3 rings (SSSR count). The van der Waals surface area contributed by atoms with Crippen molar-refractivity contribution in [3.8, 4) is 10.8 Å². The van der Waals surface area contributed by atoms with E-state index in [9.17, 15) is 0 Å². The molecule has 0 spiro atoms. The number of rotatable bonds is 5. The van der Waals surface area contributed by atoms with E-state index in [4.69, 9.17) is 4.42 Å². The zero-order valence-corrected chi connectivity index (χ0v) is 13.3. The van der Waals surface area contributed by atoms with Gasteiger partial charge in [0.15, 0.2) is 10.8 Å². The van der Waals surface area contributed by atoms with Crippen molar-refractivity contribution in [1.82, 2.24) is 15.5 Å².